The molecule has 0 unspecified atom stereocenters. The van der Waals surface area contributed by atoms with E-state index >= 15 is 0 Å². The second-order valence-electron chi connectivity index (χ2n) is 5.93. The van der Waals surface area contributed by atoms with Gasteiger partial charge in [-0.1, -0.05) is 30.3 Å². The van der Waals surface area contributed by atoms with Crippen LogP contribution in [0.5, 0.6) is 0 Å². The number of rotatable bonds is 10. The predicted octanol–water partition coefficient (Wildman–Crippen LogP) is 0.0533. The molecule has 1 rings (SSSR count). The number of carbonyl (C=O) groups excluding carboxylic acids is 2. The van der Waals surface area contributed by atoms with E-state index in [1.807, 2.05) is 30.3 Å². The molecular formula is C16H25BN3O4. The van der Waals surface area contributed by atoms with E-state index in [-0.39, 0.29) is 0 Å². The van der Waals surface area contributed by atoms with Crippen LogP contribution in [0.25, 0.3) is 0 Å². The topological polar surface area (TPSA) is 114 Å². The fourth-order valence-corrected chi connectivity index (χ4v) is 1.98. The van der Waals surface area contributed by atoms with Crippen molar-refractivity contribution in [3.8, 4) is 0 Å². The lowest BCUT2D eigenvalue weighted by atomic mass is 9.90. The maximum atomic E-state index is 12.4. The third kappa shape index (κ3) is 6.31. The van der Waals surface area contributed by atoms with E-state index in [1.165, 1.54) is 13.8 Å². The zero-order valence-corrected chi connectivity index (χ0v) is 14.1. The van der Waals surface area contributed by atoms with Gasteiger partial charge in [-0.05, 0) is 38.8 Å². The molecular weight excluding hydrogens is 309 g/mol. The Morgan fingerprint density at radius 1 is 1.29 bits per heavy atom. The fraction of sp³-hybridized carbons (Fsp3) is 0.500. The molecule has 2 amide bonds. The Labute approximate surface area is 143 Å². The lowest BCUT2D eigenvalue weighted by molar-refractivity contribution is -0.143. The molecule has 0 bridgehead atoms. The van der Waals surface area contributed by atoms with Crippen LogP contribution in [0.4, 0.5) is 0 Å². The number of nitrogens with one attached hydrogen (secondary N) is 2. The van der Waals surface area contributed by atoms with Crippen molar-refractivity contribution >= 4 is 19.5 Å². The quantitative estimate of drug-likeness (QED) is 0.274. The van der Waals surface area contributed by atoms with Gasteiger partial charge in [-0.3, -0.25) is 9.59 Å². The molecule has 0 aromatic heterocycles. The molecule has 0 aliphatic rings. The second kappa shape index (κ2) is 10.1. The van der Waals surface area contributed by atoms with Crippen LogP contribution in [0.3, 0.4) is 0 Å². The van der Waals surface area contributed by atoms with Gasteiger partial charge in [0.1, 0.15) is 11.6 Å². The van der Waals surface area contributed by atoms with E-state index in [0.717, 1.165) is 5.56 Å². The Balaban J connectivity index is 2.59. The first-order chi connectivity index (χ1) is 11.4. The molecule has 0 fully saturated rings. The number of amides is 2. The number of benzene rings is 1. The van der Waals surface area contributed by atoms with Gasteiger partial charge in [0, 0.05) is 6.54 Å². The van der Waals surface area contributed by atoms with Crippen LogP contribution in [0.2, 0.25) is 0 Å². The summed E-state index contributed by atoms with van der Waals surface area (Å²) in [6.07, 6.45) is 0.313. The Bertz CT molecular complexity index is 525. The van der Waals surface area contributed by atoms with Gasteiger partial charge in [0.25, 0.3) is 0 Å². The number of hydrogen-bond donors (Lipinski definition) is 4. The molecule has 5 N–H and O–H groups in total. The summed E-state index contributed by atoms with van der Waals surface area (Å²) >= 11 is 0. The average Bonchev–Trinajstić information content (AvgIpc) is 2.58. The molecule has 1 atom stereocenters. The predicted molar refractivity (Wildman–Crippen MR) is 91.3 cm³/mol. The third-order valence-corrected chi connectivity index (χ3v) is 3.62. The highest BCUT2D eigenvalue weighted by Crippen LogP contribution is 2.17. The van der Waals surface area contributed by atoms with Crippen molar-refractivity contribution in [3.63, 3.8) is 0 Å². The van der Waals surface area contributed by atoms with E-state index < -0.39 is 23.5 Å². The first kappa shape index (κ1) is 20.2. The molecule has 0 spiro atoms. The first-order valence-corrected chi connectivity index (χ1v) is 7.86. The van der Waals surface area contributed by atoms with Crippen molar-refractivity contribution in [2.45, 2.75) is 39.5 Å². The van der Waals surface area contributed by atoms with Gasteiger partial charge in [0.05, 0.1) is 0 Å². The first-order valence-electron chi connectivity index (χ1n) is 7.86. The average molecular weight is 334 g/mol. The van der Waals surface area contributed by atoms with Crippen molar-refractivity contribution in [2.75, 3.05) is 6.54 Å². The van der Waals surface area contributed by atoms with Crippen LogP contribution in [0.1, 0.15) is 32.3 Å². The zero-order valence-electron chi connectivity index (χ0n) is 14.1. The maximum absolute atomic E-state index is 12.4. The van der Waals surface area contributed by atoms with E-state index in [1.54, 1.807) is 0 Å². The van der Waals surface area contributed by atoms with E-state index in [9.17, 15) is 9.59 Å². The number of nitrogens with two attached hydrogens (primary N) is 1. The molecule has 0 saturated heterocycles. The number of hydrogen-bond acceptors (Lipinski definition) is 5. The molecule has 1 radical (unpaired) electrons. The minimum absolute atomic E-state index is 0.341. The summed E-state index contributed by atoms with van der Waals surface area (Å²) in [5.74, 6) is -0.883. The smallest absolute Gasteiger partial charge is 0.429 e. The minimum Gasteiger partial charge on any atom is -0.429 e. The summed E-state index contributed by atoms with van der Waals surface area (Å²) in [5, 5.41) is 14.1. The van der Waals surface area contributed by atoms with E-state index in [2.05, 4.69) is 10.6 Å². The molecule has 0 saturated carbocycles. The Kier molecular flexibility index (Phi) is 8.46. The molecule has 7 nitrogen and oxygen atoms in total. The van der Waals surface area contributed by atoms with Crippen LogP contribution in [0.15, 0.2) is 30.3 Å². The molecule has 0 heterocycles. The van der Waals surface area contributed by atoms with Crippen molar-refractivity contribution in [3.05, 3.63) is 35.9 Å². The lowest BCUT2D eigenvalue weighted by Gasteiger charge is -2.26. The van der Waals surface area contributed by atoms with Crippen molar-refractivity contribution < 1.29 is 19.3 Å². The SMILES string of the molecule is CC(C)(C(=O)NCc1ccccc1)C(=O)N[C@@H](CCCN)O[B]O. The van der Waals surface area contributed by atoms with Gasteiger partial charge >= 0.3 is 7.69 Å². The second-order valence-corrected chi connectivity index (χ2v) is 5.93. The lowest BCUT2D eigenvalue weighted by Crippen LogP contribution is -2.51. The molecule has 1 aromatic carbocycles. The monoisotopic (exact) mass is 334 g/mol. The van der Waals surface area contributed by atoms with Gasteiger partial charge in [-0.2, -0.15) is 0 Å². The van der Waals surface area contributed by atoms with Crippen LogP contribution < -0.4 is 16.4 Å². The van der Waals surface area contributed by atoms with Crippen LogP contribution in [-0.4, -0.2) is 37.3 Å². The van der Waals surface area contributed by atoms with Crippen molar-refractivity contribution in [2.24, 2.45) is 11.1 Å². The maximum Gasteiger partial charge on any atom is 0.486 e. The summed E-state index contributed by atoms with van der Waals surface area (Å²) in [6, 6.07) is 9.43. The van der Waals surface area contributed by atoms with E-state index in [0.29, 0.717) is 33.6 Å². The molecule has 24 heavy (non-hydrogen) atoms. The zero-order chi connectivity index (χ0) is 18.0. The van der Waals surface area contributed by atoms with Gasteiger partial charge in [-0.15, -0.1) is 0 Å². The van der Waals surface area contributed by atoms with Gasteiger partial charge in [0.15, 0.2) is 0 Å². The largest absolute Gasteiger partial charge is 0.486 e. The Hall–Kier alpha value is -1.90. The third-order valence-electron chi connectivity index (χ3n) is 3.62. The Morgan fingerprint density at radius 2 is 1.96 bits per heavy atom. The summed E-state index contributed by atoms with van der Waals surface area (Å²) < 4.78 is 4.93. The fourth-order valence-electron chi connectivity index (χ4n) is 1.98. The van der Waals surface area contributed by atoms with Crippen molar-refractivity contribution in [1.82, 2.24) is 10.6 Å². The minimum atomic E-state index is -1.28. The van der Waals surface area contributed by atoms with Crippen molar-refractivity contribution in [1.29, 1.82) is 0 Å². The van der Waals surface area contributed by atoms with Crippen LogP contribution in [-0.2, 0) is 20.8 Å². The molecule has 1 aromatic rings. The summed E-state index contributed by atoms with van der Waals surface area (Å²) in [4.78, 5) is 24.7. The standard InChI is InChI=1S/C16H25BN3O4/c1-16(2,14(21)19-11-12-7-4-3-5-8-12)15(22)20-13(24-17-23)9-6-10-18/h3-5,7-8,13,23H,6,9-11,18H2,1-2H3,(H,19,21)(H,20,22)/t13-/m1/s1. The highest BCUT2D eigenvalue weighted by molar-refractivity contribution is 6.16. The summed E-state index contributed by atoms with van der Waals surface area (Å²) in [5.41, 5.74) is 5.09. The molecule has 131 valence electrons. The Morgan fingerprint density at radius 3 is 2.54 bits per heavy atom. The summed E-state index contributed by atoms with van der Waals surface area (Å²) in [7, 11) is 0.518. The highest BCUT2D eigenvalue weighted by atomic mass is 16.5. The normalized spacial score (nSPS) is 12.3. The highest BCUT2D eigenvalue weighted by Gasteiger charge is 2.36. The van der Waals surface area contributed by atoms with Gasteiger partial charge in [0.2, 0.25) is 11.8 Å². The molecule has 0 aliphatic carbocycles. The van der Waals surface area contributed by atoms with Crippen LogP contribution in [0, 0.1) is 5.41 Å². The molecule has 8 heteroatoms. The van der Waals surface area contributed by atoms with E-state index in [4.69, 9.17) is 15.4 Å². The number of carbonyl (C=O) groups is 2. The van der Waals surface area contributed by atoms with Crippen LogP contribution >= 0.6 is 0 Å². The summed E-state index contributed by atoms with van der Waals surface area (Å²) in [6.45, 7) is 3.84. The molecule has 0 aliphatic heterocycles. The van der Waals surface area contributed by atoms with Gasteiger partial charge < -0.3 is 26.0 Å². The van der Waals surface area contributed by atoms with Gasteiger partial charge in [-0.25, -0.2) is 0 Å².